The summed E-state index contributed by atoms with van der Waals surface area (Å²) in [4.78, 5) is 0. The number of rotatable bonds is 32. The van der Waals surface area contributed by atoms with Crippen molar-refractivity contribution in [3.05, 3.63) is 119 Å². The molecule has 4 aromatic rings. The van der Waals surface area contributed by atoms with Crippen LogP contribution < -0.4 is 18.9 Å². The zero-order valence-corrected chi connectivity index (χ0v) is 56.9. The first-order chi connectivity index (χ1) is 44.3. The van der Waals surface area contributed by atoms with Crippen LogP contribution in [0.2, 0.25) is 0 Å². The zero-order chi connectivity index (χ0) is 64.3. The summed E-state index contributed by atoms with van der Waals surface area (Å²) in [5.41, 5.74) is 5.08. The Morgan fingerprint density at radius 3 is 0.804 bits per heavy atom. The number of aliphatic hydroxyl groups is 2. The van der Waals surface area contributed by atoms with Crippen LogP contribution in [0.4, 0.5) is 0 Å². The van der Waals surface area contributed by atoms with Gasteiger partial charge in [0, 0.05) is 10.8 Å². The van der Waals surface area contributed by atoms with Gasteiger partial charge in [-0.15, -0.1) is 0 Å². The predicted molar refractivity (Wildman–Crippen MR) is 357 cm³/mol. The lowest BCUT2D eigenvalue weighted by Gasteiger charge is -2.46. The van der Waals surface area contributed by atoms with Gasteiger partial charge in [-0.3, -0.25) is 0 Å². The Morgan fingerprint density at radius 2 is 0.543 bits per heavy atom. The van der Waals surface area contributed by atoms with Crippen LogP contribution >= 0.6 is 0 Å². The van der Waals surface area contributed by atoms with Gasteiger partial charge in [-0.25, -0.2) is 0 Å². The van der Waals surface area contributed by atoms with Gasteiger partial charge in [-0.2, -0.15) is 0 Å². The molecule has 8 aliphatic rings. The number of ether oxygens (including phenoxy) is 12. The smallest absolute Gasteiger partial charge is 0.122 e. The first kappa shape index (κ1) is 69.0. The van der Waals surface area contributed by atoms with E-state index in [2.05, 4.69) is 104 Å². The number of hydrogen-bond donors (Lipinski definition) is 2. The Bertz CT molecular complexity index is 2600. The average Bonchev–Trinajstić information content (AvgIpc) is 1.42. The van der Waals surface area contributed by atoms with E-state index in [-0.39, 0.29) is 48.5 Å². The number of aliphatic hydroxyl groups excluding tert-OH is 2. The van der Waals surface area contributed by atoms with E-state index in [4.69, 9.17) is 56.8 Å². The molecular weight excluding hydrogens is 1160 g/mol. The zero-order valence-electron chi connectivity index (χ0n) is 56.9. The standard InChI is InChI=1S/C39H68O7.C39H44O7/c2*1-38(2,29-9-17-34(18-10-29)43-23-36-25-45-36)27-5-13-32(14-6-27)41-21-31(40)22-42-33-15-7-28(8-16-33)39(3,4)30-11-19-35(20-12-30)44-24-37-26-46-37/h27-37,40H,5-26H2,1-4H3;5-20,31,36-37,40H,21-26H2,1-4H3. The molecule has 508 valence electrons. The maximum atomic E-state index is 10.7. The minimum atomic E-state index is -0.772. The van der Waals surface area contributed by atoms with Crippen LogP contribution in [0.5, 0.6) is 23.0 Å². The minimum Gasteiger partial charge on any atom is -0.491 e. The fourth-order valence-corrected chi connectivity index (χ4v) is 15.3. The quantitative estimate of drug-likeness (QED) is 0.0444. The van der Waals surface area contributed by atoms with Gasteiger partial charge in [0.05, 0.1) is 77.3 Å². The lowest BCUT2D eigenvalue weighted by molar-refractivity contribution is -0.0879. The summed E-state index contributed by atoms with van der Waals surface area (Å²) in [6.07, 6.45) is 20.8. The second-order valence-corrected chi connectivity index (χ2v) is 30.6. The van der Waals surface area contributed by atoms with E-state index in [1.54, 1.807) is 0 Å². The summed E-state index contributed by atoms with van der Waals surface area (Å²) in [5, 5.41) is 21.3. The third kappa shape index (κ3) is 19.9. The molecule has 14 nitrogen and oxygen atoms in total. The molecule has 0 aromatic heterocycles. The summed E-state index contributed by atoms with van der Waals surface area (Å²) in [6.45, 7) is 26.1. The molecule has 4 aliphatic carbocycles. The lowest BCUT2D eigenvalue weighted by atomic mass is 9.60. The van der Waals surface area contributed by atoms with Crippen molar-refractivity contribution in [3.63, 3.8) is 0 Å². The van der Waals surface area contributed by atoms with E-state index >= 15 is 0 Å². The Labute approximate surface area is 550 Å². The Morgan fingerprint density at radius 1 is 0.315 bits per heavy atom. The molecule has 92 heavy (non-hydrogen) atoms. The molecule has 12 rings (SSSR count). The first-order valence-electron chi connectivity index (χ1n) is 35.6. The second kappa shape index (κ2) is 31.7. The van der Waals surface area contributed by atoms with E-state index in [1.165, 1.54) is 99.3 Å². The van der Waals surface area contributed by atoms with Gasteiger partial charge in [-0.05, 0) is 208 Å². The average molecular weight is 1270 g/mol. The molecule has 0 amide bonds. The molecule has 4 aromatic carbocycles. The van der Waals surface area contributed by atoms with Gasteiger partial charge in [0.1, 0.15) is 86.0 Å². The summed E-state index contributed by atoms with van der Waals surface area (Å²) in [7, 11) is 0. The molecule has 4 saturated heterocycles. The largest absolute Gasteiger partial charge is 0.491 e. The van der Waals surface area contributed by atoms with Crippen LogP contribution in [0.3, 0.4) is 0 Å². The summed E-state index contributed by atoms with van der Waals surface area (Å²) in [5.74, 6) is 6.22. The number of epoxide rings is 4. The summed E-state index contributed by atoms with van der Waals surface area (Å²) in [6, 6.07) is 32.6. The maximum absolute atomic E-state index is 10.7. The highest BCUT2D eigenvalue weighted by Crippen LogP contribution is 2.51. The molecule has 14 heteroatoms. The third-order valence-corrected chi connectivity index (χ3v) is 22.7. The monoisotopic (exact) mass is 1270 g/mol. The maximum Gasteiger partial charge on any atom is 0.122 e. The third-order valence-electron chi connectivity index (χ3n) is 22.7. The molecular formula is C78H112O14. The van der Waals surface area contributed by atoms with Crippen LogP contribution in [0.25, 0.3) is 0 Å². The van der Waals surface area contributed by atoms with Crippen molar-refractivity contribution in [2.45, 2.75) is 230 Å². The molecule has 4 heterocycles. The Kier molecular flexibility index (Phi) is 23.8. The van der Waals surface area contributed by atoms with Crippen molar-refractivity contribution in [1.82, 2.24) is 0 Å². The van der Waals surface area contributed by atoms with Crippen molar-refractivity contribution >= 4 is 0 Å². The van der Waals surface area contributed by atoms with Crippen LogP contribution in [0.1, 0.15) is 180 Å². The van der Waals surface area contributed by atoms with Gasteiger partial charge in [-0.1, -0.05) is 104 Å². The van der Waals surface area contributed by atoms with Crippen LogP contribution in [-0.2, 0) is 48.7 Å². The SMILES string of the molecule is CC(C)(C1CCC(OCC(O)COC2CCC(C(C)(C)C3CCC(OCC4CO4)CC3)CC2)CC1)C1CCC(OCC2CO2)CC1.CC(C)(c1ccc(OCC(O)COc2ccc(C(C)(C)c3ccc(OCC4CO4)cc3)cc2)cc1)c1ccc(OCC2CO2)cc1. The van der Waals surface area contributed by atoms with Crippen molar-refractivity contribution < 1.29 is 67.1 Å². The fraction of sp³-hybridized carbons (Fsp3) is 0.692. The Hall–Kier alpha value is -4.32. The van der Waals surface area contributed by atoms with E-state index in [0.29, 0.717) is 73.2 Å². The molecule has 0 radical (unpaired) electrons. The van der Waals surface area contributed by atoms with Crippen molar-refractivity contribution in [2.24, 2.45) is 34.5 Å². The highest BCUT2D eigenvalue weighted by Gasteiger charge is 2.43. The normalized spacial score (nSPS) is 28.8. The summed E-state index contributed by atoms with van der Waals surface area (Å²) < 4.78 is 69.1. The van der Waals surface area contributed by atoms with Crippen molar-refractivity contribution in [2.75, 3.05) is 79.3 Å². The fourth-order valence-electron chi connectivity index (χ4n) is 15.3. The topological polar surface area (TPSA) is 164 Å². The van der Waals surface area contributed by atoms with E-state index in [0.717, 1.165) is 100 Å². The van der Waals surface area contributed by atoms with Gasteiger partial charge in [0.25, 0.3) is 0 Å². The van der Waals surface area contributed by atoms with Crippen LogP contribution in [0.15, 0.2) is 97.1 Å². The molecule has 0 spiro atoms. The van der Waals surface area contributed by atoms with E-state index in [9.17, 15) is 10.2 Å². The highest BCUT2D eigenvalue weighted by molar-refractivity contribution is 5.43. The van der Waals surface area contributed by atoms with Crippen molar-refractivity contribution in [1.29, 1.82) is 0 Å². The molecule has 4 aliphatic heterocycles. The van der Waals surface area contributed by atoms with Crippen LogP contribution in [0, 0.1) is 34.5 Å². The van der Waals surface area contributed by atoms with Gasteiger partial charge >= 0.3 is 0 Å². The highest BCUT2D eigenvalue weighted by atomic mass is 16.6. The first-order valence-corrected chi connectivity index (χ1v) is 35.6. The van der Waals surface area contributed by atoms with Gasteiger partial charge in [0.15, 0.2) is 0 Å². The van der Waals surface area contributed by atoms with E-state index in [1.807, 2.05) is 48.5 Å². The van der Waals surface area contributed by atoms with Crippen LogP contribution in [-0.4, -0.2) is 151 Å². The second-order valence-electron chi connectivity index (χ2n) is 30.6. The van der Waals surface area contributed by atoms with Gasteiger partial charge < -0.3 is 67.1 Å². The molecule has 2 N–H and O–H groups in total. The predicted octanol–water partition coefficient (Wildman–Crippen LogP) is 14.2. The molecule has 4 unspecified atom stereocenters. The molecule has 4 atom stereocenters. The summed E-state index contributed by atoms with van der Waals surface area (Å²) >= 11 is 0. The van der Waals surface area contributed by atoms with E-state index < -0.39 is 12.2 Å². The molecule has 8 fully saturated rings. The van der Waals surface area contributed by atoms with Crippen molar-refractivity contribution in [3.8, 4) is 23.0 Å². The number of hydrogen-bond acceptors (Lipinski definition) is 14. The minimum absolute atomic E-state index is 0.134. The Balaban J connectivity index is 0.000000188. The molecule has 4 saturated carbocycles. The van der Waals surface area contributed by atoms with Gasteiger partial charge in [0.2, 0.25) is 0 Å². The number of benzene rings is 4. The molecule has 0 bridgehead atoms. The lowest BCUT2D eigenvalue weighted by Crippen LogP contribution is -2.40.